The molecule has 0 saturated heterocycles. The molecule has 25 heavy (non-hydrogen) atoms. The number of ether oxygens (including phenoxy) is 1. The SMILES string of the molecule is CCOc1ccc(Cl)cc1/C=N\NC(=O)CNc1ccc(C)c(C)c1. The Morgan fingerprint density at radius 2 is 2.00 bits per heavy atom. The van der Waals surface area contributed by atoms with E-state index in [0.29, 0.717) is 22.9 Å². The Bertz CT molecular complexity index is 775. The van der Waals surface area contributed by atoms with Gasteiger partial charge in [-0.2, -0.15) is 5.10 Å². The Morgan fingerprint density at radius 3 is 2.72 bits per heavy atom. The van der Waals surface area contributed by atoms with Crippen LogP contribution < -0.4 is 15.5 Å². The van der Waals surface area contributed by atoms with Crippen molar-refractivity contribution >= 4 is 29.4 Å². The van der Waals surface area contributed by atoms with Crippen molar-refractivity contribution < 1.29 is 9.53 Å². The van der Waals surface area contributed by atoms with Gasteiger partial charge in [0.1, 0.15) is 5.75 Å². The van der Waals surface area contributed by atoms with Gasteiger partial charge in [-0.05, 0) is 62.2 Å². The minimum absolute atomic E-state index is 0.133. The molecule has 2 N–H and O–H groups in total. The number of rotatable bonds is 7. The number of anilines is 1. The fraction of sp³-hybridized carbons (Fsp3) is 0.263. The molecule has 0 saturated carbocycles. The standard InChI is InChI=1S/C19H22ClN3O2/c1-4-25-18-8-6-16(20)10-15(18)11-22-23-19(24)12-21-17-7-5-13(2)14(3)9-17/h5-11,21H,4,12H2,1-3H3,(H,23,24)/b22-11-. The monoisotopic (exact) mass is 359 g/mol. The van der Waals surface area contributed by atoms with Gasteiger partial charge in [-0.15, -0.1) is 0 Å². The van der Waals surface area contributed by atoms with Gasteiger partial charge in [-0.1, -0.05) is 17.7 Å². The van der Waals surface area contributed by atoms with E-state index < -0.39 is 0 Å². The summed E-state index contributed by atoms with van der Waals surface area (Å²) in [5.41, 5.74) is 6.48. The molecular formula is C19H22ClN3O2. The lowest BCUT2D eigenvalue weighted by Gasteiger charge is -2.08. The largest absolute Gasteiger partial charge is 0.493 e. The van der Waals surface area contributed by atoms with E-state index in [0.717, 1.165) is 5.69 Å². The van der Waals surface area contributed by atoms with Gasteiger partial charge in [0.15, 0.2) is 0 Å². The van der Waals surface area contributed by atoms with E-state index in [1.807, 2.05) is 39.0 Å². The maximum absolute atomic E-state index is 11.9. The second kappa shape index (κ2) is 9.08. The Balaban J connectivity index is 1.90. The van der Waals surface area contributed by atoms with Gasteiger partial charge in [0.25, 0.3) is 5.91 Å². The molecule has 2 aromatic carbocycles. The highest BCUT2D eigenvalue weighted by Crippen LogP contribution is 2.21. The van der Waals surface area contributed by atoms with Gasteiger partial charge in [0, 0.05) is 16.3 Å². The summed E-state index contributed by atoms with van der Waals surface area (Å²) in [5, 5.41) is 7.61. The van der Waals surface area contributed by atoms with Crippen molar-refractivity contribution in [2.45, 2.75) is 20.8 Å². The maximum Gasteiger partial charge on any atom is 0.259 e. The number of nitrogens with one attached hydrogen (secondary N) is 2. The summed E-state index contributed by atoms with van der Waals surface area (Å²) in [5.74, 6) is 0.424. The van der Waals surface area contributed by atoms with Crippen molar-refractivity contribution in [1.29, 1.82) is 0 Å². The van der Waals surface area contributed by atoms with Gasteiger partial charge < -0.3 is 10.1 Å². The molecule has 1 amide bonds. The van der Waals surface area contributed by atoms with Crippen molar-refractivity contribution in [3.63, 3.8) is 0 Å². The Kier molecular flexibility index (Phi) is 6.83. The van der Waals surface area contributed by atoms with Crippen LogP contribution in [0.4, 0.5) is 5.69 Å². The van der Waals surface area contributed by atoms with Crippen LogP contribution >= 0.6 is 11.6 Å². The predicted molar refractivity (Wildman–Crippen MR) is 103 cm³/mol. The molecule has 0 atom stereocenters. The van der Waals surface area contributed by atoms with Crippen LogP contribution in [0.2, 0.25) is 5.02 Å². The zero-order chi connectivity index (χ0) is 18.2. The van der Waals surface area contributed by atoms with Crippen molar-refractivity contribution in [3.8, 4) is 5.75 Å². The van der Waals surface area contributed by atoms with Crippen molar-refractivity contribution in [2.24, 2.45) is 5.10 Å². The van der Waals surface area contributed by atoms with Gasteiger partial charge >= 0.3 is 0 Å². The number of amides is 1. The number of hydrazone groups is 1. The summed E-state index contributed by atoms with van der Waals surface area (Å²) in [6, 6.07) is 11.2. The Morgan fingerprint density at radius 1 is 1.20 bits per heavy atom. The lowest BCUT2D eigenvalue weighted by atomic mass is 10.1. The zero-order valence-electron chi connectivity index (χ0n) is 14.6. The van der Waals surface area contributed by atoms with Gasteiger partial charge in [-0.3, -0.25) is 4.79 Å². The van der Waals surface area contributed by atoms with Crippen molar-refractivity contribution in [3.05, 3.63) is 58.1 Å². The number of carbonyl (C=O) groups excluding carboxylic acids is 1. The number of hydrogen-bond donors (Lipinski definition) is 2. The van der Waals surface area contributed by atoms with Crippen LogP contribution in [0.1, 0.15) is 23.6 Å². The topological polar surface area (TPSA) is 62.7 Å². The third kappa shape index (κ3) is 5.80. The first-order valence-electron chi connectivity index (χ1n) is 8.05. The summed E-state index contributed by atoms with van der Waals surface area (Å²) < 4.78 is 5.50. The molecule has 0 fully saturated rings. The summed E-state index contributed by atoms with van der Waals surface area (Å²) in [6.45, 7) is 6.65. The molecule has 0 spiro atoms. The molecule has 0 aliphatic rings. The van der Waals surface area contributed by atoms with E-state index in [2.05, 4.69) is 15.8 Å². The molecule has 2 rings (SSSR count). The van der Waals surface area contributed by atoms with Crippen LogP contribution in [-0.2, 0) is 4.79 Å². The average Bonchev–Trinajstić information content (AvgIpc) is 2.58. The third-order valence-corrected chi connectivity index (χ3v) is 3.86. The third-order valence-electron chi connectivity index (χ3n) is 3.62. The molecule has 5 nitrogen and oxygen atoms in total. The number of benzene rings is 2. The molecule has 0 aliphatic carbocycles. The van der Waals surface area contributed by atoms with Gasteiger partial charge in [-0.25, -0.2) is 5.43 Å². The second-order valence-electron chi connectivity index (χ2n) is 5.56. The molecular weight excluding hydrogens is 338 g/mol. The van der Waals surface area contributed by atoms with Crippen LogP contribution in [0.5, 0.6) is 5.75 Å². The van der Waals surface area contributed by atoms with Crippen LogP contribution in [0.25, 0.3) is 0 Å². The van der Waals surface area contributed by atoms with E-state index >= 15 is 0 Å². The summed E-state index contributed by atoms with van der Waals surface area (Å²) in [7, 11) is 0. The number of halogens is 1. The first-order chi connectivity index (χ1) is 12.0. The number of carbonyl (C=O) groups is 1. The smallest absolute Gasteiger partial charge is 0.259 e. The van der Waals surface area contributed by atoms with E-state index in [-0.39, 0.29) is 12.5 Å². The van der Waals surface area contributed by atoms with E-state index in [1.165, 1.54) is 17.3 Å². The van der Waals surface area contributed by atoms with E-state index in [9.17, 15) is 4.79 Å². The zero-order valence-corrected chi connectivity index (χ0v) is 15.4. The molecule has 2 aromatic rings. The molecule has 0 radical (unpaired) electrons. The van der Waals surface area contributed by atoms with Gasteiger partial charge in [0.05, 0.1) is 19.4 Å². The average molecular weight is 360 g/mol. The van der Waals surface area contributed by atoms with Crippen LogP contribution in [-0.4, -0.2) is 25.3 Å². The fourth-order valence-corrected chi connectivity index (χ4v) is 2.33. The molecule has 0 aromatic heterocycles. The molecule has 0 heterocycles. The molecule has 132 valence electrons. The summed E-state index contributed by atoms with van der Waals surface area (Å²) in [6.07, 6.45) is 1.52. The second-order valence-corrected chi connectivity index (χ2v) is 6.00. The van der Waals surface area contributed by atoms with E-state index in [4.69, 9.17) is 16.3 Å². The number of nitrogens with zero attached hydrogens (tertiary/aromatic N) is 1. The van der Waals surface area contributed by atoms with Crippen LogP contribution in [0, 0.1) is 13.8 Å². The van der Waals surface area contributed by atoms with E-state index in [1.54, 1.807) is 18.2 Å². The molecule has 6 heteroatoms. The highest BCUT2D eigenvalue weighted by molar-refractivity contribution is 6.30. The Labute approximate surface area is 153 Å². The lowest BCUT2D eigenvalue weighted by molar-refractivity contribution is -0.119. The molecule has 0 unspecified atom stereocenters. The minimum atomic E-state index is -0.241. The maximum atomic E-state index is 11.9. The molecule has 0 aliphatic heterocycles. The quantitative estimate of drug-likeness (QED) is 0.581. The lowest BCUT2D eigenvalue weighted by Crippen LogP contribution is -2.25. The Hall–Kier alpha value is -2.53. The highest BCUT2D eigenvalue weighted by Gasteiger charge is 2.04. The van der Waals surface area contributed by atoms with Crippen LogP contribution in [0.3, 0.4) is 0 Å². The van der Waals surface area contributed by atoms with Crippen molar-refractivity contribution in [1.82, 2.24) is 5.43 Å². The fourth-order valence-electron chi connectivity index (χ4n) is 2.15. The summed E-state index contributed by atoms with van der Waals surface area (Å²) in [4.78, 5) is 11.9. The minimum Gasteiger partial charge on any atom is -0.493 e. The van der Waals surface area contributed by atoms with Gasteiger partial charge in [0.2, 0.25) is 0 Å². The molecule has 0 bridgehead atoms. The highest BCUT2D eigenvalue weighted by atomic mass is 35.5. The first-order valence-corrected chi connectivity index (χ1v) is 8.42. The summed E-state index contributed by atoms with van der Waals surface area (Å²) >= 11 is 5.99. The van der Waals surface area contributed by atoms with Crippen molar-refractivity contribution in [2.75, 3.05) is 18.5 Å². The normalized spacial score (nSPS) is 10.7. The number of hydrogen-bond acceptors (Lipinski definition) is 4. The first kappa shape index (κ1) is 18.8. The van der Waals surface area contributed by atoms with Crippen LogP contribution in [0.15, 0.2) is 41.5 Å². The number of aryl methyl sites for hydroxylation is 2. The predicted octanol–water partition coefficient (Wildman–Crippen LogP) is 3.92.